The number of ether oxygens (including phenoxy) is 1. The van der Waals surface area contributed by atoms with Gasteiger partial charge < -0.3 is 19.6 Å². The zero-order valence-corrected chi connectivity index (χ0v) is 23.0. The predicted molar refractivity (Wildman–Crippen MR) is 147 cm³/mol. The van der Waals surface area contributed by atoms with Crippen molar-refractivity contribution in [3.63, 3.8) is 0 Å². The van der Waals surface area contributed by atoms with Crippen molar-refractivity contribution >= 4 is 33.0 Å². The fourth-order valence-corrected chi connectivity index (χ4v) is 5.44. The molecule has 0 unspecified atom stereocenters. The van der Waals surface area contributed by atoms with E-state index in [0.29, 0.717) is 34.0 Å². The molecule has 0 radical (unpaired) electrons. The highest BCUT2D eigenvalue weighted by Crippen LogP contribution is 2.27. The summed E-state index contributed by atoms with van der Waals surface area (Å²) in [6.07, 6.45) is 3.11. The summed E-state index contributed by atoms with van der Waals surface area (Å²) in [7, 11) is -1.73. The molecule has 0 aliphatic rings. The number of sulfone groups is 1. The summed E-state index contributed by atoms with van der Waals surface area (Å²) in [5.74, 6) is 0.308. The Morgan fingerprint density at radius 3 is 2.50 bits per heavy atom. The van der Waals surface area contributed by atoms with Crippen LogP contribution in [-0.2, 0) is 22.7 Å². The predicted octanol–water partition coefficient (Wildman–Crippen LogP) is 4.41. The van der Waals surface area contributed by atoms with Crippen LogP contribution in [0.25, 0.3) is 5.65 Å². The number of methoxy groups -OCH3 is 1. The molecule has 4 aromatic rings. The van der Waals surface area contributed by atoms with Gasteiger partial charge in [-0.2, -0.15) is 0 Å². The van der Waals surface area contributed by atoms with Gasteiger partial charge in [0.15, 0.2) is 9.84 Å². The van der Waals surface area contributed by atoms with Crippen molar-refractivity contribution in [2.45, 2.75) is 37.6 Å². The molecule has 0 aliphatic carbocycles. The number of aryl methyl sites for hydroxylation is 1. The number of carbonyl (C=O) groups is 1. The second-order valence-corrected chi connectivity index (χ2v) is 11.5. The molecule has 4 rings (SSSR count). The molecule has 2 N–H and O–H groups in total. The highest BCUT2D eigenvalue weighted by atomic mass is 35.5. The van der Waals surface area contributed by atoms with Crippen LogP contribution in [0, 0.1) is 0 Å². The second kappa shape index (κ2) is 11.6. The Morgan fingerprint density at radius 2 is 1.87 bits per heavy atom. The SMILES string of the molecule is CCc1c(Cc2ccc(Cl)cc2OC)nc2cc(C(=O)N[C@@H](CO)c3ccc(S(=O)(=O)CC)cc3)ccn12. The average molecular weight is 556 g/mol. The first kappa shape index (κ1) is 27.6. The summed E-state index contributed by atoms with van der Waals surface area (Å²) >= 11 is 6.11. The van der Waals surface area contributed by atoms with Gasteiger partial charge in [-0.1, -0.05) is 43.6 Å². The van der Waals surface area contributed by atoms with Gasteiger partial charge in [-0.25, -0.2) is 13.4 Å². The fraction of sp³-hybridized carbons (Fsp3) is 0.286. The van der Waals surface area contributed by atoms with Gasteiger partial charge in [-0.05, 0) is 48.4 Å². The zero-order valence-electron chi connectivity index (χ0n) is 21.4. The van der Waals surface area contributed by atoms with Crippen LogP contribution < -0.4 is 10.1 Å². The lowest BCUT2D eigenvalue weighted by atomic mass is 10.1. The van der Waals surface area contributed by atoms with E-state index >= 15 is 0 Å². The van der Waals surface area contributed by atoms with Crippen LogP contribution in [0.4, 0.5) is 0 Å². The van der Waals surface area contributed by atoms with E-state index in [1.807, 2.05) is 22.7 Å². The number of aromatic nitrogens is 2. The number of hydrogen-bond acceptors (Lipinski definition) is 6. The third-order valence-corrected chi connectivity index (χ3v) is 8.51. The van der Waals surface area contributed by atoms with E-state index in [4.69, 9.17) is 21.3 Å². The molecule has 1 amide bonds. The van der Waals surface area contributed by atoms with Gasteiger partial charge >= 0.3 is 0 Å². The van der Waals surface area contributed by atoms with Gasteiger partial charge in [0.2, 0.25) is 0 Å². The topological polar surface area (TPSA) is 110 Å². The molecule has 200 valence electrons. The van der Waals surface area contributed by atoms with E-state index in [1.54, 1.807) is 44.4 Å². The molecule has 38 heavy (non-hydrogen) atoms. The molecule has 1 atom stereocenters. The third-order valence-electron chi connectivity index (χ3n) is 6.52. The number of fused-ring (bicyclic) bond motifs is 1. The third kappa shape index (κ3) is 5.70. The number of pyridine rings is 1. The van der Waals surface area contributed by atoms with Crippen molar-refractivity contribution in [3.8, 4) is 5.75 Å². The summed E-state index contributed by atoms with van der Waals surface area (Å²) in [5, 5.41) is 13.3. The standard InChI is InChI=1S/C28H30ClN3O5S/c1-4-25-23(14-19-6-9-21(29)16-26(19)37-3)30-27-15-20(12-13-32(25)27)28(34)31-24(17-33)18-7-10-22(11-8-18)38(35,36)5-2/h6-13,15-16,24,33H,4-5,14,17H2,1-3H3,(H,31,34)/t24-/m0/s1. The van der Waals surface area contributed by atoms with Crippen molar-refractivity contribution < 1.29 is 23.1 Å². The van der Waals surface area contributed by atoms with E-state index in [1.165, 1.54) is 12.1 Å². The summed E-state index contributed by atoms with van der Waals surface area (Å²) in [6, 6.07) is 14.4. The van der Waals surface area contributed by atoms with Crippen LogP contribution in [-0.4, -0.2) is 48.3 Å². The molecule has 0 spiro atoms. The number of nitrogens with one attached hydrogen (secondary N) is 1. The first-order chi connectivity index (χ1) is 18.2. The Bertz CT molecular complexity index is 1570. The number of imidazole rings is 1. The number of benzene rings is 2. The van der Waals surface area contributed by atoms with Crippen LogP contribution in [0.2, 0.25) is 5.02 Å². The number of halogens is 1. The minimum absolute atomic E-state index is 0.00251. The number of hydrogen-bond donors (Lipinski definition) is 2. The van der Waals surface area contributed by atoms with Gasteiger partial charge in [-0.3, -0.25) is 4.79 Å². The zero-order chi connectivity index (χ0) is 27.4. The van der Waals surface area contributed by atoms with Gasteiger partial charge in [0, 0.05) is 34.5 Å². The van der Waals surface area contributed by atoms with E-state index in [2.05, 4.69) is 12.2 Å². The van der Waals surface area contributed by atoms with Crippen molar-refractivity contribution in [3.05, 3.63) is 93.9 Å². The smallest absolute Gasteiger partial charge is 0.252 e. The lowest BCUT2D eigenvalue weighted by Gasteiger charge is -2.17. The Kier molecular flexibility index (Phi) is 8.40. The maximum absolute atomic E-state index is 13.1. The van der Waals surface area contributed by atoms with E-state index < -0.39 is 15.9 Å². The fourth-order valence-electron chi connectivity index (χ4n) is 4.40. The minimum atomic E-state index is -3.34. The Labute approximate surface area is 227 Å². The summed E-state index contributed by atoms with van der Waals surface area (Å²) in [4.78, 5) is 18.1. The lowest BCUT2D eigenvalue weighted by molar-refractivity contribution is 0.0916. The number of nitrogens with zero attached hydrogens (tertiary/aromatic N) is 2. The van der Waals surface area contributed by atoms with Crippen molar-refractivity contribution in [1.82, 2.24) is 14.7 Å². The molecule has 8 nitrogen and oxygen atoms in total. The van der Waals surface area contributed by atoms with Gasteiger partial charge in [0.25, 0.3) is 5.91 Å². The van der Waals surface area contributed by atoms with Gasteiger partial charge in [0.05, 0.1) is 36.1 Å². The highest BCUT2D eigenvalue weighted by molar-refractivity contribution is 7.91. The van der Waals surface area contributed by atoms with Crippen LogP contribution in [0.3, 0.4) is 0 Å². The molecule has 0 aliphatic heterocycles. The maximum Gasteiger partial charge on any atom is 0.252 e. The minimum Gasteiger partial charge on any atom is -0.496 e. The van der Waals surface area contributed by atoms with Crippen molar-refractivity contribution in [2.75, 3.05) is 19.5 Å². The molecule has 10 heteroatoms. The van der Waals surface area contributed by atoms with Crippen LogP contribution in [0.15, 0.2) is 65.7 Å². The maximum atomic E-state index is 13.1. The second-order valence-electron chi connectivity index (χ2n) is 8.82. The number of aliphatic hydroxyl groups is 1. The number of rotatable bonds is 10. The summed E-state index contributed by atoms with van der Waals surface area (Å²) in [6.45, 7) is 3.29. The van der Waals surface area contributed by atoms with E-state index in [9.17, 15) is 18.3 Å². The van der Waals surface area contributed by atoms with E-state index in [-0.39, 0.29) is 23.2 Å². The van der Waals surface area contributed by atoms with Crippen molar-refractivity contribution in [1.29, 1.82) is 0 Å². The first-order valence-electron chi connectivity index (χ1n) is 12.3. The number of carbonyl (C=O) groups excluding carboxylic acids is 1. The van der Waals surface area contributed by atoms with Gasteiger partial charge in [-0.15, -0.1) is 0 Å². The average Bonchev–Trinajstić information content (AvgIpc) is 3.28. The number of amides is 1. The summed E-state index contributed by atoms with van der Waals surface area (Å²) < 4.78 is 31.6. The van der Waals surface area contributed by atoms with Crippen LogP contribution in [0.1, 0.15) is 52.8 Å². The molecule has 0 fully saturated rings. The Hall–Kier alpha value is -3.40. The number of aliphatic hydroxyl groups excluding tert-OH is 1. The monoisotopic (exact) mass is 555 g/mol. The highest BCUT2D eigenvalue weighted by Gasteiger charge is 2.19. The molecule has 0 saturated heterocycles. The van der Waals surface area contributed by atoms with Crippen molar-refractivity contribution in [2.24, 2.45) is 0 Å². The Morgan fingerprint density at radius 1 is 1.13 bits per heavy atom. The molecular weight excluding hydrogens is 526 g/mol. The molecule has 2 aromatic heterocycles. The van der Waals surface area contributed by atoms with Gasteiger partial charge in [0.1, 0.15) is 11.4 Å². The molecule has 2 heterocycles. The quantitative estimate of drug-likeness (QED) is 0.300. The molecule has 0 saturated carbocycles. The molecule has 2 aromatic carbocycles. The normalized spacial score (nSPS) is 12.4. The lowest BCUT2D eigenvalue weighted by Crippen LogP contribution is -2.30. The van der Waals surface area contributed by atoms with Crippen LogP contribution in [0.5, 0.6) is 5.75 Å². The molecular formula is C28H30ClN3O5S. The largest absolute Gasteiger partial charge is 0.496 e. The summed E-state index contributed by atoms with van der Waals surface area (Å²) in [5.41, 5.74) is 4.48. The molecule has 0 bridgehead atoms. The van der Waals surface area contributed by atoms with Crippen LogP contribution >= 0.6 is 11.6 Å². The van der Waals surface area contributed by atoms with E-state index in [0.717, 1.165) is 23.4 Å². The first-order valence-corrected chi connectivity index (χ1v) is 14.3. The Balaban J connectivity index is 1.58.